The van der Waals surface area contributed by atoms with Gasteiger partial charge in [-0.2, -0.15) is 0 Å². The standard InChI is InChI=1S/C2H7O3P.Ca.2H/c1-2-6(3,4)5;;;/h2H2,1H3,(H2,3,4,5);;;. The van der Waals surface area contributed by atoms with Gasteiger partial charge in [0.2, 0.25) is 0 Å². The molecule has 0 unspecified atom stereocenters. The molecule has 0 bridgehead atoms. The number of hydrogen-bond donors (Lipinski definition) is 2. The number of rotatable bonds is 1. The molecule has 0 saturated carbocycles. The van der Waals surface area contributed by atoms with E-state index in [1.54, 1.807) is 0 Å². The Kier molecular flexibility index (Phi) is 6.91. The van der Waals surface area contributed by atoms with Gasteiger partial charge in [-0.15, -0.1) is 0 Å². The summed E-state index contributed by atoms with van der Waals surface area (Å²) in [5.74, 6) is 0. The fraction of sp³-hybridized carbons (Fsp3) is 1.00. The molecule has 7 heavy (non-hydrogen) atoms. The second kappa shape index (κ2) is 4.30. The van der Waals surface area contributed by atoms with Crippen molar-refractivity contribution >= 4 is 45.3 Å². The summed E-state index contributed by atoms with van der Waals surface area (Å²) in [6.45, 7) is 1.45. The fourth-order valence-corrected chi connectivity index (χ4v) is 0. The normalized spacial score (nSPS) is 10.1. The van der Waals surface area contributed by atoms with Crippen molar-refractivity contribution in [2.75, 3.05) is 6.16 Å². The molecule has 0 rings (SSSR count). The van der Waals surface area contributed by atoms with E-state index in [0.29, 0.717) is 0 Å². The first-order chi connectivity index (χ1) is 2.56. The fourth-order valence-electron chi connectivity index (χ4n) is 0. The average Bonchev–Trinajstić information content (AvgIpc) is 1.35. The van der Waals surface area contributed by atoms with Gasteiger partial charge < -0.3 is 9.79 Å². The maximum atomic E-state index is 9.69. The van der Waals surface area contributed by atoms with Crippen LogP contribution in [0.3, 0.4) is 0 Å². The Balaban J connectivity index is 0. The number of hydrogen-bond acceptors (Lipinski definition) is 1. The Labute approximate surface area is 72.3 Å². The Morgan fingerprint density at radius 3 is 1.71 bits per heavy atom. The van der Waals surface area contributed by atoms with Crippen molar-refractivity contribution in [1.82, 2.24) is 0 Å². The summed E-state index contributed by atoms with van der Waals surface area (Å²) in [5, 5.41) is 0. The Bertz CT molecular complexity index is 77.0. The predicted octanol–water partition coefficient (Wildman–Crippen LogP) is -0.732. The molecule has 0 atom stereocenters. The van der Waals surface area contributed by atoms with Crippen LogP contribution in [0.2, 0.25) is 0 Å². The molecule has 0 spiro atoms. The summed E-state index contributed by atoms with van der Waals surface area (Å²) >= 11 is 0. The zero-order valence-corrected chi connectivity index (χ0v) is 4.35. The Morgan fingerprint density at radius 1 is 1.57 bits per heavy atom. The molecular formula is C2H9CaO3P. The summed E-state index contributed by atoms with van der Waals surface area (Å²) in [4.78, 5) is 15.9. The molecule has 0 saturated heterocycles. The zero-order valence-electron chi connectivity index (χ0n) is 3.46. The van der Waals surface area contributed by atoms with Gasteiger partial charge in [0.15, 0.2) is 0 Å². The van der Waals surface area contributed by atoms with Gasteiger partial charge in [0, 0.05) is 6.16 Å². The first-order valence-electron chi connectivity index (χ1n) is 1.61. The quantitative estimate of drug-likeness (QED) is 0.384. The van der Waals surface area contributed by atoms with Crippen LogP contribution in [0.1, 0.15) is 6.92 Å². The summed E-state index contributed by atoms with van der Waals surface area (Å²) in [6, 6.07) is 0. The molecule has 0 aromatic carbocycles. The second-order valence-electron chi connectivity index (χ2n) is 0.981. The van der Waals surface area contributed by atoms with Gasteiger partial charge in [0.05, 0.1) is 0 Å². The maximum absolute atomic E-state index is 9.69. The molecule has 0 aromatic rings. The Morgan fingerprint density at radius 2 is 1.71 bits per heavy atom. The van der Waals surface area contributed by atoms with Crippen LogP contribution in [0, 0.1) is 0 Å². The van der Waals surface area contributed by atoms with Crippen molar-refractivity contribution in [1.29, 1.82) is 0 Å². The van der Waals surface area contributed by atoms with Crippen molar-refractivity contribution in [3.05, 3.63) is 0 Å². The van der Waals surface area contributed by atoms with Crippen LogP contribution >= 0.6 is 7.60 Å². The Hall–Kier alpha value is 1.41. The van der Waals surface area contributed by atoms with Gasteiger partial charge in [0.1, 0.15) is 0 Å². The molecule has 42 valence electrons. The van der Waals surface area contributed by atoms with Crippen LogP contribution in [0.5, 0.6) is 0 Å². The van der Waals surface area contributed by atoms with E-state index in [2.05, 4.69) is 0 Å². The molecule has 5 heteroatoms. The molecular weight excluding hydrogens is 143 g/mol. The third kappa shape index (κ3) is 11.2. The van der Waals surface area contributed by atoms with Crippen LogP contribution in [0.15, 0.2) is 0 Å². The van der Waals surface area contributed by atoms with Crippen molar-refractivity contribution in [2.45, 2.75) is 6.92 Å². The molecule has 3 nitrogen and oxygen atoms in total. The van der Waals surface area contributed by atoms with Crippen molar-refractivity contribution in [2.24, 2.45) is 0 Å². The molecule has 2 N–H and O–H groups in total. The van der Waals surface area contributed by atoms with Gasteiger partial charge in [0.25, 0.3) is 0 Å². The average molecular weight is 152 g/mol. The monoisotopic (exact) mass is 152 g/mol. The second-order valence-corrected chi connectivity index (χ2v) is 2.94. The zero-order chi connectivity index (χ0) is 5.21. The van der Waals surface area contributed by atoms with Crippen LogP contribution in [0.25, 0.3) is 0 Å². The van der Waals surface area contributed by atoms with Gasteiger partial charge in [-0.3, -0.25) is 4.57 Å². The van der Waals surface area contributed by atoms with Gasteiger partial charge in [-0.05, 0) is 0 Å². The first kappa shape index (κ1) is 11.2. The molecule has 0 aliphatic carbocycles. The third-order valence-corrected chi connectivity index (χ3v) is 1.24. The van der Waals surface area contributed by atoms with E-state index in [0.717, 1.165) is 0 Å². The third-order valence-electron chi connectivity index (χ3n) is 0.412. The van der Waals surface area contributed by atoms with E-state index < -0.39 is 7.60 Å². The predicted molar refractivity (Wildman–Crippen MR) is 31.1 cm³/mol. The molecule has 0 amide bonds. The van der Waals surface area contributed by atoms with E-state index in [1.165, 1.54) is 6.92 Å². The summed E-state index contributed by atoms with van der Waals surface area (Å²) in [7, 11) is -3.65. The van der Waals surface area contributed by atoms with Gasteiger partial charge in [-0.1, -0.05) is 6.92 Å². The SMILES string of the molecule is CCP(=O)(O)O.[CaH2]. The van der Waals surface area contributed by atoms with Crippen molar-refractivity contribution in [3.63, 3.8) is 0 Å². The molecule has 0 aliphatic rings. The topological polar surface area (TPSA) is 57.5 Å². The van der Waals surface area contributed by atoms with Crippen LogP contribution < -0.4 is 0 Å². The van der Waals surface area contributed by atoms with Crippen LogP contribution in [-0.4, -0.2) is 53.7 Å². The molecule has 0 aromatic heterocycles. The van der Waals surface area contributed by atoms with E-state index >= 15 is 0 Å². The van der Waals surface area contributed by atoms with Gasteiger partial charge in [-0.25, -0.2) is 0 Å². The van der Waals surface area contributed by atoms with Crippen molar-refractivity contribution in [3.8, 4) is 0 Å². The van der Waals surface area contributed by atoms with Crippen molar-refractivity contribution < 1.29 is 14.4 Å². The van der Waals surface area contributed by atoms with E-state index in [-0.39, 0.29) is 43.9 Å². The minimum atomic E-state index is -3.65. The molecule has 0 radical (unpaired) electrons. The summed E-state index contributed by atoms with van der Waals surface area (Å²) < 4.78 is 9.69. The minimum absolute atomic E-state index is 0. The van der Waals surface area contributed by atoms with E-state index in [4.69, 9.17) is 9.79 Å². The summed E-state index contributed by atoms with van der Waals surface area (Å²) in [5.41, 5.74) is 0. The molecule has 0 heterocycles. The van der Waals surface area contributed by atoms with E-state index in [9.17, 15) is 4.57 Å². The van der Waals surface area contributed by atoms with E-state index in [1.807, 2.05) is 0 Å². The van der Waals surface area contributed by atoms with Gasteiger partial charge >= 0.3 is 45.3 Å². The summed E-state index contributed by atoms with van der Waals surface area (Å²) in [6.07, 6.45) is -0.0625. The van der Waals surface area contributed by atoms with Crippen LogP contribution in [-0.2, 0) is 4.57 Å². The molecule has 0 aliphatic heterocycles. The van der Waals surface area contributed by atoms with Crippen LogP contribution in [0.4, 0.5) is 0 Å². The molecule has 0 fully saturated rings. The first-order valence-corrected chi connectivity index (χ1v) is 3.40.